The van der Waals surface area contributed by atoms with Gasteiger partial charge in [-0.05, 0) is 37.3 Å². The third-order valence-electron chi connectivity index (χ3n) is 7.39. The van der Waals surface area contributed by atoms with Crippen molar-refractivity contribution < 1.29 is 24.3 Å². The number of nitrogens with zero attached hydrogens (tertiary/aromatic N) is 3. The van der Waals surface area contributed by atoms with E-state index in [1.807, 2.05) is 71.3 Å². The zero-order valence-corrected chi connectivity index (χ0v) is 25.7. The molecule has 3 rings (SSSR count). The van der Waals surface area contributed by atoms with Crippen molar-refractivity contribution in [1.82, 2.24) is 25.4 Å². The number of aliphatic hydroxyl groups excluding tert-OH is 1. The predicted molar refractivity (Wildman–Crippen MR) is 159 cm³/mol. The first-order valence-electron chi connectivity index (χ1n) is 14.2. The lowest BCUT2D eigenvalue weighted by Crippen LogP contribution is -2.57. The van der Waals surface area contributed by atoms with Crippen molar-refractivity contribution in [3.63, 3.8) is 0 Å². The number of benzene rings is 1. The fourth-order valence-corrected chi connectivity index (χ4v) is 5.78. The molecule has 1 saturated heterocycles. The smallest absolute Gasteiger partial charge is 0.246 e. The topological polar surface area (TPSA) is 132 Å². The Bertz CT molecular complexity index is 1220. The molecule has 1 aliphatic heterocycles. The summed E-state index contributed by atoms with van der Waals surface area (Å²) >= 11 is 1.58. The Hall–Kier alpha value is -3.31. The molecule has 2 heterocycles. The fraction of sp³-hybridized carbons (Fsp3) is 0.567. The molecule has 0 bridgehead atoms. The molecular weight excluding hydrogens is 542 g/mol. The second kappa shape index (κ2) is 14.0. The average molecular weight is 586 g/mol. The standard InChI is InChI=1S/C30H43N5O5S/c1-7-34(8-2)25(38)14-13-24(37)33-27(30(4,5)6)29(40)35-17-22(36)15-23(35)28(39)31-16-20-9-11-21(12-10-20)26-19(3)32-18-41-26/h9-12,18,22-23,27,36H,7-8,13-17H2,1-6H3,(H,31,39)(H,33,37)/t22-,23+,27-/m1/s1. The van der Waals surface area contributed by atoms with Crippen molar-refractivity contribution >= 4 is 35.0 Å². The van der Waals surface area contributed by atoms with E-state index in [4.69, 9.17) is 0 Å². The van der Waals surface area contributed by atoms with Crippen molar-refractivity contribution in [2.24, 2.45) is 5.41 Å². The first kappa shape index (κ1) is 32.2. The Morgan fingerprint density at radius 1 is 1.12 bits per heavy atom. The molecule has 3 N–H and O–H groups in total. The van der Waals surface area contributed by atoms with Gasteiger partial charge < -0.3 is 25.5 Å². The molecule has 0 aliphatic carbocycles. The molecule has 4 amide bonds. The number of thiazole rings is 1. The van der Waals surface area contributed by atoms with Gasteiger partial charge in [0.1, 0.15) is 12.1 Å². The molecular formula is C30H43N5O5S. The van der Waals surface area contributed by atoms with Crippen LogP contribution in [0.3, 0.4) is 0 Å². The summed E-state index contributed by atoms with van der Waals surface area (Å²) in [6.45, 7) is 12.6. The number of carbonyl (C=O) groups excluding carboxylic acids is 4. The van der Waals surface area contributed by atoms with Crippen LogP contribution in [-0.4, -0.2) is 81.3 Å². The molecule has 224 valence electrons. The number of amides is 4. The maximum atomic E-state index is 13.7. The number of aliphatic hydroxyl groups is 1. The summed E-state index contributed by atoms with van der Waals surface area (Å²) in [5.74, 6) is -1.31. The summed E-state index contributed by atoms with van der Waals surface area (Å²) in [5, 5.41) is 16.1. The van der Waals surface area contributed by atoms with Gasteiger partial charge in [0.05, 0.1) is 22.2 Å². The van der Waals surface area contributed by atoms with Gasteiger partial charge in [-0.3, -0.25) is 19.2 Å². The monoisotopic (exact) mass is 585 g/mol. The van der Waals surface area contributed by atoms with Crippen LogP contribution in [0.2, 0.25) is 0 Å². The average Bonchev–Trinajstić information content (AvgIpc) is 3.54. The Kier molecular flexibility index (Phi) is 11.0. The molecule has 2 aromatic rings. The molecule has 0 unspecified atom stereocenters. The fourth-order valence-electron chi connectivity index (χ4n) is 4.97. The highest BCUT2D eigenvalue weighted by molar-refractivity contribution is 7.13. The van der Waals surface area contributed by atoms with Crippen molar-refractivity contribution in [1.29, 1.82) is 0 Å². The van der Waals surface area contributed by atoms with Gasteiger partial charge in [0.2, 0.25) is 23.6 Å². The number of rotatable bonds is 11. The zero-order valence-electron chi connectivity index (χ0n) is 24.9. The van der Waals surface area contributed by atoms with E-state index < -0.39 is 35.4 Å². The number of carbonyl (C=O) groups is 4. The Labute approximate surface area is 246 Å². The van der Waals surface area contributed by atoms with Gasteiger partial charge in [-0.15, -0.1) is 11.3 Å². The Balaban J connectivity index is 1.64. The van der Waals surface area contributed by atoms with Gasteiger partial charge in [-0.25, -0.2) is 4.98 Å². The molecule has 0 saturated carbocycles. The van der Waals surface area contributed by atoms with Crippen LogP contribution in [0, 0.1) is 12.3 Å². The van der Waals surface area contributed by atoms with Gasteiger partial charge in [-0.1, -0.05) is 45.0 Å². The predicted octanol–water partition coefficient (Wildman–Crippen LogP) is 2.88. The molecule has 0 spiro atoms. The highest BCUT2D eigenvalue weighted by atomic mass is 32.1. The summed E-state index contributed by atoms with van der Waals surface area (Å²) in [5.41, 5.74) is 4.08. The molecule has 11 heteroatoms. The van der Waals surface area contributed by atoms with Crippen LogP contribution < -0.4 is 10.6 Å². The minimum atomic E-state index is -0.929. The first-order chi connectivity index (χ1) is 19.3. The van der Waals surface area contributed by atoms with E-state index >= 15 is 0 Å². The Morgan fingerprint density at radius 3 is 2.34 bits per heavy atom. The van der Waals surface area contributed by atoms with Crippen LogP contribution in [0.15, 0.2) is 29.8 Å². The summed E-state index contributed by atoms with van der Waals surface area (Å²) in [7, 11) is 0. The van der Waals surface area contributed by atoms with Gasteiger partial charge in [0, 0.05) is 45.4 Å². The van der Waals surface area contributed by atoms with Gasteiger partial charge in [0.25, 0.3) is 0 Å². The van der Waals surface area contributed by atoms with E-state index in [0.717, 1.165) is 21.7 Å². The van der Waals surface area contributed by atoms with Crippen LogP contribution >= 0.6 is 11.3 Å². The molecule has 1 aromatic carbocycles. The number of likely N-dealkylation sites (tertiary alicyclic amines) is 1. The van der Waals surface area contributed by atoms with E-state index in [-0.39, 0.29) is 44.2 Å². The van der Waals surface area contributed by atoms with Gasteiger partial charge >= 0.3 is 0 Å². The number of hydrogen-bond donors (Lipinski definition) is 3. The minimum absolute atomic E-state index is 0.00269. The summed E-state index contributed by atoms with van der Waals surface area (Å²) in [6.07, 6.45) is -0.718. The van der Waals surface area contributed by atoms with E-state index in [9.17, 15) is 24.3 Å². The zero-order chi connectivity index (χ0) is 30.3. The molecule has 10 nitrogen and oxygen atoms in total. The van der Waals surface area contributed by atoms with E-state index in [1.165, 1.54) is 4.90 Å². The lowest BCUT2D eigenvalue weighted by Gasteiger charge is -2.35. The summed E-state index contributed by atoms with van der Waals surface area (Å²) < 4.78 is 0. The molecule has 1 fully saturated rings. The number of β-amino-alcohol motifs (C(OH)–C–C–N with tert-alkyl or cyclic N) is 1. The van der Waals surface area contributed by atoms with Crippen molar-refractivity contribution in [2.45, 2.75) is 85.5 Å². The maximum Gasteiger partial charge on any atom is 0.246 e. The normalized spacial score (nSPS) is 17.7. The number of aryl methyl sites for hydroxylation is 1. The lowest BCUT2D eigenvalue weighted by molar-refractivity contribution is -0.144. The van der Waals surface area contributed by atoms with Crippen molar-refractivity contribution in [3.8, 4) is 10.4 Å². The SMILES string of the molecule is CCN(CC)C(=O)CCC(=O)N[C@H](C(=O)N1C[C@H](O)C[C@H]1C(=O)NCc1ccc(-c2scnc2C)cc1)C(C)(C)C. The maximum absolute atomic E-state index is 13.7. The lowest BCUT2D eigenvalue weighted by atomic mass is 9.85. The second-order valence-electron chi connectivity index (χ2n) is 11.5. The third-order valence-corrected chi connectivity index (χ3v) is 8.37. The summed E-state index contributed by atoms with van der Waals surface area (Å²) in [6, 6.07) is 6.08. The van der Waals surface area contributed by atoms with Crippen LogP contribution in [0.4, 0.5) is 0 Å². The largest absolute Gasteiger partial charge is 0.391 e. The van der Waals surface area contributed by atoms with Crippen molar-refractivity contribution in [2.75, 3.05) is 19.6 Å². The molecule has 3 atom stereocenters. The highest BCUT2D eigenvalue weighted by Gasteiger charge is 2.44. The van der Waals surface area contributed by atoms with Crippen LogP contribution in [-0.2, 0) is 25.7 Å². The molecule has 1 aliphatic rings. The number of hydrogen-bond acceptors (Lipinski definition) is 7. The highest BCUT2D eigenvalue weighted by Crippen LogP contribution is 2.28. The number of nitrogens with one attached hydrogen (secondary N) is 2. The third kappa shape index (κ3) is 8.36. The van der Waals surface area contributed by atoms with E-state index in [1.54, 1.807) is 16.2 Å². The van der Waals surface area contributed by atoms with Crippen molar-refractivity contribution in [3.05, 3.63) is 41.0 Å². The van der Waals surface area contributed by atoms with Crippen LogP contribution in [0.1, 0.15) is 65.1 Å². The van der Waals surface area contributed by atoms with Gasteiger partial charge in [-0.2, -0.15) is 0 Å². The Morgan fingerprint density at radius 2 is 1.78 bits per heavy atom. The van der Waals surface area contributed by atoms with Crippen LogP contribution in [0.5, 0.6) is 0 Å². The summed E-state index contributed by atoms with van der Waals surface area (Å²) in [4.78, 5) is 60.5. The van der Waals surface area contributed by atoms with E-state index in [0.29, 0.717) is 13.1 Å². The van der Waals surface area contributed by atoms with Crippen LogP contribution in [0.25, 0.3) is 10.4 Å². The molecule has 0 radical (unpaired) electrons. The molecule has 41 heavy (non-hydrogen) atoms. The molecule has 1 aromatic heterocycles. The second-order valence-corrected chi connectivity index (χ2v) is 12.4. The van der Waals surface area contributed by atoms with Gasteiger partial charge in [0.15, 0.2) is 0 Å². The van der Waals surface area contributed by atoms with E-state index in [2.05, 4.69) is 15.6 Å². The first-order valence-corrected chi connectivity index (χ1v) is 15.1. The number of aromatic nitrogens is 1. The minimum Gasteiger partial charge on any atom is -0.391 e. The quantitative estimate of drug-likeness (QED) is 0.372.